The van der Waals surface area contributed by atoms with Gasteiger partial charge in [0.2, 0.25) is 0 Å². The van der Waals surface area contributed by atoms with Crippen LogP contribution in [-0.4, -0.2) is 36.0 Å². The second-order valence-corrected chi connectivity index (χ2v) is 7.67. The van der Waals surface area contributed by atoms with E-state index in [0.29, 0.717) is 18.0 Å². The number of amides is 1. The molecular formula is C17H26N2OS. The first-order chi connectivity index (χ1) is 10.2. The molecule has 2 unspecified atom stereocenters. The number of hydrogen-bond donors (Lipinski definition) is 1. The van der Waals surface area contributed by atoms with E-state index in [4.69, 9.17) is 0 Å². The highest BCUT2D eigenvalue weighted by atomic mass is 32.1. The molecule has 3 rings (SSSR count). The zero-order valence-corrected chi connectivity index (χ0v) is 13.7. The highest BCUT2D eigenvalue weighted by molar-refractivity contribution is 7.12. The van der Waals surface area contributed by atoms with E-state index < -0.39 is 0 Å². The molecule has 2 atom stereocenters. The van der Waals surface area contributed by atoms with E-state index in [-0.39, 0.29) is 5.91 Å². The number of nitrogens with zero attached hydrogens (tertiary/aromatic N) is 1. The number of carbonyl (C=O) groups excluding carboxylic acids is 1. The molecule has 1 amide bonds. The number of thiophene rings is 1. The summed E-state index contributed by atoms with van der Waals surface area (Å²) in [6, 6.07) is 5.05. The Morgan fingerprint density at radius 1 is 1.24 bits per heavy atom. The van der Waals surface area contributed by atoms with E-state index in [1.54, 1.807) is 11.3 Å². The van der Waals surface area contributed by atoms with Crippen LogP contribution < -0.4 is 5.32 Å². The Morgan fingerprint density at radius 2 is 2.05 bits per heavy atom. The summed E-state index contributed by atoms with van der Waals surface area (Å²) in [5.41, 5.74) is 0. The monoisotopic (exact) mass is 306 g/mol. The smallest absolute Gasteiger partial charge is 0.263 e. The molecule has 1 aliphatic carbocycles. The van der Waals surface area contributed by atoms with Crippen LogP contribution in [0.25, 0.3) is 0 Å². The van der Waals surface area contributed by atoms with Crippen LogP contribution in [0.4, 0.5) is 0 Å². The molecule has 1 saturated heterocycles. The maximum absolute atomic E-state index is 12.6. The lowest BCUT2D eigenvalue weighted by Crippen LogP contribution is -2.53. The van der Waals surface area contributed by atoms with Crippen LogP contribution in [0.2, 0.25) is 0 Å². The van der Waals surface area contributed by atoms with Gasteiger partial charge in [0.15, 0.2) is 0 Å². The van der Waals surface area contributed by atoms with Gasteiger partial charge >= 0.3 is 0 Å². The Morgan fingerprint density at radius 3 is 2.76 bits per heavy atom. The van der Waals surface area contributed by atoms with Crippen molar-refractivity contribution in [3.8, 4) is 0 Å². The van der Waals surface area contributed by atoms with Gasteiger partial charge in [0.05, 0.1) is 4.88 Å². The van der Waals surface area contributed by atoms with Gasteiger partial charge in [-0.1, -0.05) is 32.3 Å². The maximum atomic E-state index is 12.6. The van der Waals surface area contributed by atoms with E-state index in [0.717, 1.165) is 18.0 Å². The zero-order valence-electron chi connectivity index (χ0n) is 12.9. The fraction of sp³-hybridized carbons (Fsp3) is 0.706. The van der Waals surface area contributed by atoms with Crippen molar-refractivity contribution in [1.29, 1.82) is 0 Å². The highest BCUT2D eigenvalue weighted by Crippen LogP contribution is 2.23. The molecule has 3 nitrogen and oxygen atoms in total. The van der Waals surface area contributed by atoms with Gasteiger partial charge in [-0.2, -0.15) is 0 Å². The number of rotatable bonds is 3. The number of hydrogen-bond acceptors (Lipinski definition) is 3. The topological polar surface area (TPSA) is 32.3 Å². The van der Waals surface area contributed by atoms with E-state index >= 15 is 0 Å². The molecule has 2 heterocycles. The standard InChI is InChI=1S/C17H26N2OS/c1-13-10-15(18-14-6-3-2-4-7-14)12-19(11-13)17(20)16-8-5-9-21-16/h5,8-9,13-15,18H,2-4,6-7,10-12H2,1H3. The van der Waals surface area contributed by atoms with Crippen molar-refractivity contribution in [3.05, 3.63) is 22.4 Å². The first kappa shape index (κ1) is 15.0. The van der Waals surface area contributed by atoms with Gasteiger partial charge < -0.3 is 10.2 Å². The largest absolute Gasteiger partial charge is 0.336 e. The highest BCUT2D eigenvalue weighted by Gasteiger charge is 2.30. The second-order valence-electron chi connectivity index (χ2n) is 6.73. The van der Waals surface area contributed by atoms with Gasteiger partial charge in [0.25, 0.3) is 5.91 Å². The molecule has 0 spiro atoms. The Kier molecular flexibility index (Phi) is 4.96. The number of nitrogens with one attached hydrogen (secondary N) is 1. The van der Waals surface area contributed by atoms with Crippen LogP contribution in [0.3, 0.4) is 0 Å². The summed E-state index contributed by atoms with van der Waals surface area (Å²) in [5, 5.41) is 5.81. The molecule has 2 aliphatic rings. The molecule has 1 aromatic heterocycles. The number of likely N-dealkylation sites (tertiary alicyclic amines) is 1. The molecular weight excluding hydrogens is 280 g/mol. The van der Waals surface area contributed by atoms with Crippen LogP contribution in [0.1, 0.15) is 55.1 Å². The fourth-order valence-corrected chi connectivity index (χ4v) is 4.49. The lowest BCUT2D eigenvalue weighted by atomic mass is 9.91. The maximum Gasteiger partial charge on any atom is 0.263 e. The lowest BCUT2D eigenvalue weighted by Gasteiger charge is -2.39. The Labute approximate surface area is 131 Å². The minimum Gasteiger partial charge on any atom is -0.336 e. The van der Waals surface area contributed by atoms with Gasteiger partial charge in [-0.05, 0) is 36.6 Å². The first-order valence-corrected chi connectivity index (χ1v) is 9.19. The van der Waals surface area contributed by atoms with Crippen LogP contribution >= 0.6 is 11.3 Å². The van der Waals surface area contributed by atoms with Crippen molar-refractivity contribution in [3.63, 3.8) is 0 Å². The molecule has 1 saturated carbocycles. The van der Waals surface area contributed by atoms with E-state index in [2.05, 4.69) is 17.1 Å². The zero-order chi connectivity index (χ0) is 14.7. The van der Waals surface area contributed by atoms with Crippen molar-refractivity contribution >= 4 is 17.2 Å². The van der Waals surface area contributed by atoms with E-state index in [1.165, 1.54) is 38.5 Å². The van der Waals surface area contributed by atoms with Gasteiger partial charge in [-0.15, -0.1) is 11.3 Å². The fourth-order valence-electron chi connectivity index (χ4n) is 3.80. The second kappa shape index (κ2) is 6.93. The molecule has 1 aliphatic heterocycles. The SMILES string of the molecule is CC1CC(NC2CCCCC2)CN(C(=O)c2cccs2)C1. The average Bonchev–Trinajstić information content (AvgIpc) is 3.01. The third-order valence-corrected chi connectivity index (χ3v) is 5.61. The summed E-state index contributed by atoms with van der Waals surface area (Å²) in [6.45, 7) is 4.04. The average molecular weight is 306 g/mol. The summed E-state index contributed by atoms with van der Waals surface area (Å²) in [5.74, 6) is 0.802. The summed E-state index contributed by atoms with van der Waals surface area (Å²) < 4.78 is 0. The quantitative estimate of drug-likeness (QED) is 0.926. The molecule has 0 radical (unpaired) electrons. The Hall–Kier alpha value is -0.870. The van der Waals surface area contributed by atoms with Crippen LogP contribution in [-0.2, 0) is 0 Å². The number of piperidine rings is 1. The summed E-state index contributed by atoms with van der Waals surface area (Å²) in [7, 11) is 0. The molecule has 21 heavy (non-hydrogen) atoms. The third kappa shape index (κ3) is 3.86. The van der Waals surface area contributed by atoms with Crippen molar-refractivity contribution in [2.75, 3.05) is 13.1 Å². The normalized spacial score (nSPS) is 27.8. The molecule has 0 bridgehead atoms. The van der Waals surface area contributed by atoms with Gasteiger partial charge in [-0.3, -0.25) is 4.79 Å². The van der Waals surface area contributed by atoms with Crippen molar-refractivity contribution in [2.24, 2.45) is 5.92 Å². The van der Waals surface area contributed by atoms with E-state index in [9.17, 15) is 4.79 Å². The Balaban J connectivity index is 1.60. The van der Waals surface area contributed by atoms with Crippen molar-refractivity contribution in [2.45, 2.75) is 57.5 Å². The van der Waals surface area contributed by atoms with Crippen LogP contribution in [0, 0.1) is 5.92 Å². The minimum atomic E-state index is 0.215. The molecule has 4 heteroatoms. The van der Waals surface area contributed by atoms with Crippen LogP contribution in [0.5, 0.6) is 0 Å². The van der Waals surface area contributed by atoms with Gasteiger partial charge in [0.1, 0.15) is 0 Å². The molecule has 0 aromatic carbocycles. The predicted molar refractivity (Wildman–Crippen MR) is 87.8 cm³/mol. The predicted octanol–water partition coefficient (Wildman–Crippen LogP) is 3.52. The lowest BCUT2D eigenvalue weighted by molar-refractivity contribution is 0.0633. The summed E-state index contributed by atoms with van der Waals surface area (Å²) in [4.78, 5) is 15.5. The first-order valence-electron chi connectivity index (χ1n) is 8.31. The Bertz CT molecular complexity index is 453. The molecule has 1 aromatic rings. The van der Waals surface area contributed by atoms with Crippen molar-refractivity contribution < 1.29 is 4.79 Å². The minimum absolute atomic E-state index is 0.215. The summed E-state index contributed by atoms with van der Waals surface area (Å²) in [6.07, 6.45) is 7.93. The van der Waals surface area contributed by atoms with Crippen LogP contribution in [0.15, 0.2) is 17.5 Å². The van der Waals surface area contributed by atoms with Gasteiger partial charge in [-0.25, -0.2) is 0 Å². The molecule has 1 N–H and O–H groups in total. The van der Waals surface area contributed by atoms with Gasteiger partial charge in [0, 0.05) is 25.2 Å². The number of carbonyl (C=O) groups is 1. The third-order valence-electron chi connectivity index (χ3n) is 4.76. The molecule has 116 valence electrons. The van der Waals surface area contributed by atoms with Crippen molar-refractivity contribution in [1.82, 2.24) is 10.2 Å². The van der Waals surface area contributed by atoms with E-state index in [1.807, 2.05) is 17.5 Å². The molecule has 2 fully saturated rings. The summed E-state index contributed by atoms with van der Waals surface area (Å²) >= 11 is 1.55.